The van der Waals surface area contributed by atoms with Crippen LogP contribution in [-0.4, -0.2) is 76.0 Å². The van der Waals surface area contributed by atoms with Gasteiger partial charge in [-0.2, -0.15) is 5.26 Å². The molecule has 0 aliphatic carbocycles. The Morgan fingerprint density at radius 1 is 1.57 bits per heavy atom. The largest absolute Gasteiger partial charge is 0.394 e. The van der Waals surface area contributed by atoms with Crippen molar-refractivity contribution >= 4 is 18.1 Å². The molecular weight excluding hydrogens is 370 g/mol. The number of nitriles is 1. The van der Waals surface area contributed by atoms with Gasteiger partial charge in [0.05, 0.1) is 18.0 Å². The highest BCUT2D eigenvalue weighted by Crippen LogP contribution is 2.39. The van der Waals surface area contributed by atoms with Crippen molar-refractivity contribution < 1.29 is 29.6 Å². The van der Waals surface area contributed by atoms with Crippen LogP contribution in [0.3, 0.4) is 0 Å². The third kappa shape index (κ3) is 3.68. The SMILES string of the molecule is COC(C)(C)C(=O)N/C(=N/C=N)c1ccc([C@]2(C#N)O[C@H](CO)[C@@H](O)[C@H]2O)[nH]1. The number of aliphatic hydroxyl groups excluding tert-OH is 3. The van der Waals surface area contributed by atoms with E-state index in [1.807, 2.05) is 6.07 Å². The lowest BCUT2D eigenvalue weighted by atomic mass is 9.93. The molecule has 152 valence electrons. The van der Waals surface area contributed by atoms with Gasteiger partial charge in [-0.05, 0) is 26.0 Å². The number of carbonyl (C=O) groups excluding carboxylic acids is 1. The number of aromatic amines is 1. The van der Waals surface area contributed by atoms with Gasteiger partial charge in [-0.25, -0.2) is 4.99 Å². The minimum absolute atomic E-state index is 0.0174. The molecule has 0 unspecified atom stereocenters. The first kappa shape index (κ1) is 21.7. The summed E-state index contributed by atoms with van der Waals surface area (Å²) in [5.41, 5.74) is -2.79. The van der Waals surface area contributed by atoms with Crippen molar-refractivity contribution in [3.05, 3.63) is 23.5 Å². The minimum atomic E-state index is -1.95. The molecule has 28 heavy (non-hydrogen) atoms. The maximum Gasteiger partial charge on any atom is 0.257 e. The molecule has 1 aromatic heterocycles. The number of rotatable bonds is 6. The summed E-state index contributed by atoms with van der Waals surface area (Å²) >= 11 is 0. The van der Waals surface area contributed by atoms with Gasteiger partial charge in [-0.15, -0.1) is 0 Å². The van der Waals surface area contributed by atoms with Crippen LogP contribution < -0.4 is 5.32 Å². The molecule has 0 bridgehead atoms. The average molecular weight is 393 g/mol. The predicted molar refractivity (Wildman–Crippen MR) is 96.6 cm³/mol. The molecule has 6 N–H and O–H groups in total. The van der Waals surface area contributed by atoms with Crippen molar-refractivity contribution in [2.24, 2.45) is 4.99 Å². The molecule has 1 aliphatic heterocycles. The van der Waals surface area contributed by atoms with E-state index in [2.05, 4.69) is 15.3 Å². The fourth-order valence-corrected chi connectivity index (χ4v) is 2.68. The summed E-state index contributed by atoms with van der Waals surface area (Å²) in [4.78, 5) is 18.9. The number of hydrogen-bond acceptors (Lipinski definition) is 8. The standard InChI is InChI=1S/C17H23N5O6/c1-16(2,27-3)15(26)22-14(20-8-19)9-4-5-11(21-9)17(7-18)13(25)12(24)10(6-23)28-17/h4-5,8,10,12-13,21,23-25H,6H2,1-3H3,(H2,19,20,22,26)/t10-,12-,13-,17+/m1/s1. The number of nitrogens with zero attached hydrogens (tertiary/aromatic N) is 2. The van der Waals surface area contributed by atoms with Gasteiger partial charge in [0.25, 0.3) is 5.91 Å². The number of nitrogens with one attached hydrogen (secondary N) is 3. The minimum Gasteiger partial charge on any atom is -0.394 e. The molecule has 0 saturated carbocycles. The van der Waals surface area contributed by atoms with Crippen LogP contribution in [0.25, 0.3) is 0 Å². The molecule has 1 amide bonds. The summed E-state index contributed by atoms with van der Waals surface area (Å²) in [6, 6.07) is 4.71. The van der Waals surface area contributed by atoms with Crippen molar-refractivity contribution in [3.8, 4) is 6.07 Å². The number of amidine groups is 1. The molecule has 2 heterocycles. The third-order valence-electron chi connectivity index (χ3n) is 4.63. The van der Waals surface area contributed by atoms with E-state index < -0.39 is 42.0 Å². The number of amides is 1. The van der Waals surface area contributed by atoms with Crippen LogP contribution in [0.2, 0.25) is 0 Å². The Balaban J connectivity index is 2.38. The Kier molecular flexibility index (Phi) is 6.33. The number of carbonyl (C=O) groups is 1. The predicted octanol–water partition coefficient (Wildman–Crippen LogP) is -1.26. The van der Waals surface area contributed by atoms with Crippen molar-refractivity contribution in [1.82, 2.24) is 10.3 Å². The number of ether oxygens (including phenoxy) is 2. The van der Waals surface area contributed by atoms with Crippen LogP contribution in [0.4, 0.5) is 0 Å². The molecule has 0 spiro atoms. The van der Waals surface area contributed by atoms with E-state index >= 15 is 0 Å². The average Bonchev–Trinajstić information content (AvgIpc) is 3.26. The van der Waals surface area contributed by atoms with Crippen LogP contribution in [0.1, 0.15) is 25.2 Å². The van der Waals surface area contributed by atoms with E-state index in [1.54, 1.807) is 13.8 Å². The highest BCUT2D eigenvalue weighted by atomic mass is 16.6. The molecule has 0 radical (unpaired) electrons. The molecule has 4 atom stereocenters. The molecule has 11 heteroatoms. The molecule has 0 aromatic carbocycles. The van der Waals surface area contributed by atoms with Crippen molar-refractivity contribution in [2.75, 3.05) is 13.7 Å². The molecule has 1 saturated heterocycles. The summed E-state index contributed by atoms with van der Waals surface area (Å²) in [6.07, 6.45) is -3.50. The zero-order valence-corrected chi connectivity index (χ0v) is 15.6. The molecule has 11 nitrogen and oxygen atoms in total. The number of aliphatic hydroxyl groups is 3. The summed E-state index contributed by atoms with van der Waals surface area (Å²) in [6.45, 7) is 2.51. The Morgan fingerprint density at radius 3 is 2.75 bits per heavy atom. The van der Waals surface area contributed by atoms with Gasteiger partial charge in [0.1, 0.15) is 36.3 Å². The number of methoxy groups -OCH3 is 1. The molecule has 2 rings (SSSR count). The highest BCUT2D eigenvalue weighted by molar-refractivity contribution is 6.10. The van der Waals surface area contributed by atoms with E-state index in [0.29, 0.717) is 0 Å². The smallest absolute Gasteiger partial charge is 0.257 e. The Labute approximate surface area is 161 Å². The number of aliphatic imine (C=N–C) groups is 1. The van der Waals surface area contributed by atoms with Gasteiger partial charge < -0.3 is 35.1 Å². The second-order valence-corrected chi connectivity index (χ2v) is 6.68. The fraction of sp³-hybridized carbons (Fsp3) is 0.529. The van der Waals surface area contributed by atoms with Gasteiger partial charge in [-0.1, -0.05) is 0 Å². The summed E-state index contributed by atoms with van der Waals surface area (Å²) in [7, 11) is 1.37. The Bertz CT molecular complexity index is 813. The van der Waals surface area contributed by atoms with Crippen LogP contribution in [0.15, 0.2) is 17.1 Å². The van der Waals surface area contributed by atoms with Gasteiger partial charge in [0, 0.05) is 7.11 Å². The van der Waals surface area contributed by atoms with E-state index in [1.165, 1.54) is 19.2 Å². The quantitative estimate of drug-likeness (QED) is 0.257. The van der Waals surface area contributed by atoms with Crippen LogP contribution in [0, 0.1) is 16.7 Å². The fourth-order valence-electron chi connectivity index (χ4n) is 2.68. The van der Waals surface area contributed by atoms with Crippen molar-refractivity contribution in [1.29, 1.82) is 10.7 Å². The first-order chi connectivity index (χ1) is 13.2. The van der Waals surface area contributed by atoms with Crippen LogP contribution >= 0.6 is 0 Å². The van der Waals surface area contributed by atoms with Gasteiger partial charge >= 0.3 is 0 Å². The second-order valence-electron chi connectivity index (χ2n) is 6.68. The summed E-state index contributed by atoms with van der Waals surface area (Å²) in [5.74, 6) is -0.536. The Morgan fingerprint density at radius 2 is 2.25 bits per heavy atom. The first-order valence-electron chi connectivity index (χ1n) is 8.36. The normalized spacial score (nSPS) is 28.0. The molecule has 1 aromatic rings. The third-order valence-corrected chi connectivity index (χ3v) is 4.63. The van der Waals surface area contributed by atoms with Crippen molar-refractivity contribution in [3.63, 3.8) is 0 Å². The zero-order chi connectivity index (χ0) is 21.1. The number of aromatic nitrogens is 1. The van der Waals surface area contributed by atoms with Gasteiger partial charge in [0.2, 0.25) is 5.60 Å². The Hall–Kier alpha value is -2.62. The van der Waals surface area contributed by atoms with Crippen LogP contribution in [-0.2, 0) is 19.9 Å². The van der Waals surface area contributed by atoms with E-state index in [-0.39, 0.29) is 17.2 Å². The highest BCUT2D eigenvalue weighted by Gasteiger charge is 2.56. The lowest BCUT2D eigenvalue weighted by Crippen LogP contribution is -2.46. The lowest BCUT2D eigenvalue weighted by molar-refractivity contribution is -0.137. The van der Waals surface area contributed by atoms with Crippen LogP contribution in [0.5, 0.6) is 0 Å². The number of H-pyrrole nitrogens is 1. The second kappa shape index (κ2) is 8.17. The van der Waals surface area contributed by atoms with Crippen molar-refractivity contribution in [2.45, 2.75) is 43.4 Å². The first-order valence-corrected chi connectivity index (χ1v) is 8.36. The summed E-state index contributed by atoms with van der Waals surface area (Å²) in [5, 5.41) is 48.9. The van der Waals surface area contributed by atoms with Gasteiger partial charge in [-0.3, -0.25) is 10.2 Å². The lowest BCUT2D eigenvalue weighted by Gasteiger charge is -2.23. The maximum atomic E-state index is 12.3. The zero-order valence-electron chi connectivity index (χ0n) is 15.6. The van der Waals surface area contributed by atoms with E-state index in [4.69, 9.17) is 14.9 Å². The van der Waals surface area contributed by atoms with E-state index in [0.717, 1.165) is 6.34 Å². The molecule has 1 fully saturated rings. The molecule has 1 aliphatic rings. The summed E-state index contributed by atoms with van der Waals surface area (Å²) < 4.78 is 10.5. The molecular formula is C17H23N5O6. The number of hydrogen-bond donors (Lipinski definition) is 6. The maximum absolute atomic E-state index is 12.3. The topological polar surface area (TPSA) is 184 Å². The van der Waals surface area contributed by atoms with E-state index in [9.17, 15) is 25.4 Å². The van der Waals surface area contributed by atoms with Gasteiger partial charge in [0.15, 0.2) is 5.84 Å². The monoisotopic (exact) mass is 393 g/mol.